The van der Waals surface area contributed by atoms with Gasteiger partial charge >= 0.3 is 6.03 Å². The number of urea groups is 1. The Morgan fingerprint density at radius 3 is 2.55 bits per heavy atom. The minimum absolute atomic E-state index is 0.124. The van der Waals surface area contributed by atoms with E-state index in [0.29, 0.717) is 30.9 Å². The third kappa shape index (κ3) is 5.70. The van der Waals surface area contributed by atoms with Crippen LogP contribution in [0.2, 0.25) is 0 Å². The Balaban J connectivity index is 1.36. The van der Waals surface area contributed by atoms with E-state index in [1.165, 1.54) is 23.3 Å². The van der Waals surface area contributed by atoms with Crippen LogP contribution in [0.15, 0.2) is 78.0 Å². The lowest BCUT2D eigenvalue weighted by molar-refractivity contribution is -0.378. The number of aliphatic imine (C=N–C) groups is 1. The summed E-state index contributed by atoms with van der Waals surface area (Å²) >= 11 is 0. The van der Waals surface area contributed by atoms with Gasteiger partial charge in [-0.3, -0.25) is 20.1 Å². The predicted octanol–water partition coefficient (Wildman–Crippen LogP) is 4.63. The zero-order valence-electron chi connectivity index (χ0n) is 22.0. The smallest absolute Gasteiger partial charge is 0.328 e. The highest BCUT2D eigenvalue weighted by Crippen LogP contribution is 2.38. The van der Waals surface area contributed by atoms with Gasteiger partial charge in [-0.15, -0.1) is 0 Å². The molecule has 0 atom stereocenters. The molecule has 2 fully saturated rings. The molecule has 5 rings (SSSR count). The molecule has 8 heteroatoms. The van der Waals surface area contributed by atoms with Crippen LogP contribution in [0.5, 0.6) is 5.75 Å². The van der Waals surface area contributed by atoms with Gasteiger partial charge in [0.1, 0.15) is 22.9 Å². The minimum Gasteiger partial charge on any atom is -0.491 e. The van der Waals surface area contributed by atoms with Crippen LogP contribution in [0.1, 0.15) is 37.8 Å². The van der Waals surface area contributed by atoms with Gasteiger partial charge in [0.2, 0.25) is 0 Å². The number of carbonyl (C=O) groups is 1. The molecule has 3 aromatic rings. The van der Waals surface area contributed by atoms with Gasteiger partial charge in [0.25, 0.3) is 0 Å². The molecule has 2 aromatic carbocycles. The van der Waals surface area contributed by atoms with Crippen LogP contribution in [0.4, 0.5) is 14.9 Å². The third-order valence-corrected chi connectivity index (χ3v) is 7.18. The number of rotatable bonds is 8. The molecule has 38 heavy (non-hydrogen) atoms. The average Bonchev–Trinajstić information content (AvgIpc) is 3.16. The third-order valence-electron chi connectivity index (χ3n) is 7.18. The Hall–Kier alpha value is -3.78. The normalized spacial score (nSPS) is 18.4. The fourth-order valence-electron chi connectivity index (χ4n) is 5.41. The molecule has 198 valence electrons. The van der Waals surface area contributed by atoms with Crippen molar-refractivity contribution < 1.29 is 18.9 Å². The molecule has 0 radical (unpaired) electrons. The number of amidine groups is 1. The number of amides is 2. The number of H-pyrrole nitrogens is 1. The summed E-state index contributed by atoms with van der Waals surface area (Å²) in [7, 11) is 0. The highest BCUT2D eigenvalue weighted by atomic mass is 19.1. The van der Waals surface area contributed by atoms with E-state index < -0.39 is 5.54 Å². The Morgan fingerprint density at radius 2 is 1.82 bits per heavy atom. The van der Waals surface area contributed by atoms with Gasteiger partial charge in [-0.05, 0) is 74.6 Å². The first-order valence-corrected chi connectivity index (χ1v) is 13.3. The van der Waals surface area contributed by atoms with Crippen molar-refractivity contribution in [2.75, 3.05) is 24.5 Å². The molecule has 0 bridgehead atoms. The number of ether oxygens (including phenoxy) is 1. The van der Waals surface area contributed by atoms with Crippen LogP contribution in [-0.2, 0) is 13.0 Å². The molecular formula is C30H35FN5O2+. The van der Waals surface area contributed by atoms with Gasteiger partial charge in [-0.2, -0.15) is 0 Å². The van der Waals surface area contributed by atoms with E-state index in [0.717, 1.165) is 31.8 Å². The van der Waals surface area contributed by atoms with Crippen molar-refractivity contribution in [1.82, 2.24) is 10.2 Å². The van der Waals surface area contributed by atoms with Gasteiger partial charge in [0.15, 0.2) is 12.4 Å². The lowest BCUT2D eigenvalue weighted by Gasteiger charge is -2.43. The topological polar surface area (TPSA) is 71.3 Å². The highest BCUT2D eigenvalue weighted by molar-refractivity contribution is 6.19. The van der Waals surface area contributed by atoms with Gasteiger partial charge in [-0.25, -0.2) is 14.2 Å². The first-order valence-electron chi connectivity index (χ1n) is 13.3. The van der Waals surface area contributed by atoms with Crippen molar-refractivity contribution in [2.24, 2.45) is 4.99 Å². The molecule has 2 amide bonds. The lowest BCUT2D eigenvalue weighted by atomic mass is 9.85. The number of anilines is 1. The maximum atomic E-state index is 14.2. The van der Waals surface area contributed by atoms with Crippen LogP contribution in [0.25, 0.3) is 0 Å². The van der Waals surface area contributed by atoms with Crippen LogP contribution < -0.4 is 19.9 Å². The predicted molar refractivity (Wildman–Crippen MR) is 146 cm³/mol. The van der Waals surface area contributed by atoms with Gasteiger partial charge in [0.05, 0.1) is 6.10 Å². The SMILES string of the molecule is CC(C)Oc1cccc(CN2CCC3(CC2)C(=NCCc2cc[nH+]cc2)NC(=O)N3c2cccc(F)c2)c1. The molecule has 2 aliphatic rings. The molecule has 0 unspecified atom stereocenters. The number of benzene rings is 2. The van der Waals surface area contributed by atoms with Crippen LogP contribution in [-0.4, -0.2) is 48.0 Å². The second-order valence-electron chi connectivity index (χ2n) is 10.3. The van der Waals surface area contributed by atoms with Crippen molar-refractivity contribution in [3.8, 4) is 5.75 Å². The number of carbonyl (C=O) groups excluding carboxylic acids is 1. The minimum atomic E-state index is -0.631. The summed E-state index contributed by atoms with van der Waals surface area (Å²) in [6.45, 7) is 6.97. The van der Waals surface area contributed by atoms with E-state index in [9.17, 15) is 9.18 Å². The number of hydrogen-bond donors (Lipinski definition) is 1. The number of nitrogens with one attached hydrogen (secondary N) is 2. The summed E-state index contributed by atoms with van der Waals surface area (Å²) in [4.78, 5) is 25.3. The summed E-state index contributed by atoms with van der Waals surface area (Å²) in [6.07, 6.45) is 6.08. The Morgan fingerprint density at radius 1 is 1.05 bits per heavy atom. The molecule has 0 saturated carbocycles. The average molecular weight is 517 g/mol. The first-order chi connectivity index (χ1) is 18.4. The quantitative estimate of drug-likeness (QED) is 0.475. The number of pyridine rings is 1. The van der Waals surface area contributed by atoms with E-state index in [1.807, 2.05) is 50.5 Å². The summed E-state index contributed by atoms with van der Waals surface area (Å²) in [5.74, 6) is 1.19. The summed E-state index contributed by atoms with van der Waals surface area (Å²) in [6, 6.07) is 18.3. The van der Waals surface area contributed by atoms with E-state index in [-0.39, 0.29) is 18.0 Å². The standard InChI is InChI=1S/C30H34FN5O2/c1-22(2)38-27-8-3-5-24(19-27)21-35-17-12-30(13-18-35)28(33-16-11-23-9-14-32-15-10-23)34-29(37)36(30)26-7-4-6-25(31)20-26/h3-10,14-15,19-20,22H,11-13,16-18,21H2,1-2H3,(H,33,34,37)/p+1. The summed E-state index contributed by atoms with van der Waals surface area (Å²) < 4.78 is 20.1. The van der Waals surface area contributed by atoms with Crippen molar-refractivity contribution in [3.05, 3.63) is 90.0 Å². The number of piperidine rings is 1. The molecule has 2 aliphatic heterocycles. The lowest BCUT2D eigenvalue weighted by Crippen LogP contribution is -2.56. The number of likely N-dealkylation sites (tertiary alicyclic amines) is 1. The van der Waals surface area contributed by atoms with Crippen LogP contribution in [0.3, 0.4) is 0 Å². The Bertz CT molecular complexity index is 1290. The van der Waals surface area contributed by atoms with Crippen molar-refractivity contribution in [1.29, 1.82) is 0 Å². The van der Waals surface area contributed by atoms with Gasteiger partial charge in [-0.1, -0.05) is 18.2 Å². The van der Waals surface area contributed by atoms with Crippen LogP contribution in [0, 0.1) is 5.82 Å². The van der Waals surface area contributed by atoms with Crippen molar-refractivity contribution in [3.63, 3.8) is 0 Å². The molecule has 7 nitrogen and oxygen atoms in total. The molecule has 1 spiro atoms. The molecule has 3 heterocycles. The molecule has 2 N–H and O–H groups in total. The fourth-order valence-corrected chi connectivity index (χ4v) is 5.41. The number of halogens is 1. The number of aromatic amines is 1. The summed E-state index contributed by atoms with van der Waals surface area (Å²) in [5, 5.41) is 3.03. The van der Waals surface area contributed by atoms with E-state index >= 15 is 0 Å². The molecular weight excluding hydrogens is 481 g/mol. The largest absolute Gasteiger partial charge is 0.491 e. The zero-order valence-corrected chi connectivity index (χ0v) is 22.0. The number of hydrogen-bond acceptors (Lipinski definition) is 4. The van der Waals surface area contributed by atoms with E-state index in [2.05, 4.69) is 27.3 Å². The Labute approximate surface area is 223 Å². The highest BCUT2D eigenvalue weighted by Gasteiger charge is 2.52. The number of nitrogens with zero attached hydrogens (tertiary/aromatic N) is 3. The number of aromatic nitrogens is 1. The van der Waals surface area contributed by atoms with Gasteiger partial charge in [0, 0.05) is 44.0 Å². The maximum Gasteiger partial charge on any atom is 0.328 e. The van der Waals surface area contributed by atoms with Crippen molar-refractivity contribution in [2.45, 2.75) is 51.3 Å². The summed E-state index contributed by atoms with van der Waals surface area (Å²) in [5.41, 5.74) is 2.29. The second-order valence-corrected chi connectivity index (χ2v) is 10.3. The van der Waals surface area contributed by atoms with Crippen molar-refractivity contribution >= 4 is 17.6 Å². The zero-order chi connectivity index (χ0) is 26.5. The molecule has 0 aliphatic carbocycles. The fraction of sp³-hybridized carbons (Fsp3) is 0.367. The van der Waals surface area contributed by atoms with E-state index in [1.54, 1.807) is 17.0 Å². The maximum absolute atomic E-state index is 14.2. The van der Waals surface area contributed by atoms with E-state index in [4.69, 9.17) is 9.73 Å². The van der Waals surface area contributed by atoms with Crippen LogP contribution >= 0.6 is 0 Å². The Kier molecular flexibility index (Phi) is 7.69. The van der Waals surface area contributed by atoms with Gasteiger partial charge < -0.3 is 4.74 Å². The second kappa shape index (κ2) is 11.3. The first kappa shape index (κ1) is 25.9. The molecule has 2 saturated heterocycles. The molecule has 1 aromatic heterocycles. The monoisotopic (exact) mass is 516 g/mol.